The first-order valence-electron chi connectivity index (χ1n) is 9.51. The summed E-state index contributed by atoms with van der Waals surface area (Å²) in [6.07, 6.45) is 0. The topological polar surface area (TPSA) is 96.0 Å². The molecular weight excluding hydrogens is 646 g/mol. The van der Waals surface area contributed by atoms with Gasteiger partial charge in [0.1, 0.15) is 0 Å². The number of benzene rings is 6. The summed E-state index contributed by atoms with van der Waals surface area (Å²) >= 11 is 7.16. The largest absolute Gasteiger partial charge is 0.466 e. The van der Waals surface area contributed by atoms with E-state index in [1.807, 2.05) is 12.1 Å². The Morgan fingerprint density at radius 3 is 1.31 bits per heavy atom. The summed E-state index contributed by atoms with van der Waals surface area (Å²) in [5, 5.41) is 6.53. The zero-order valence-corrected chi connectivity index (χ0v) is 26.9. The van der Waals surface area contributed by atoms with E-state index in [0.29, 0.717) is 30.5 Å². The molecule has 0 saturated heterocycles. The zero-order chi connectivity index (χ0) is 22.9. The van der Waals surface area contributed by atoms with Gasteiger partial charge in [-0.3, -0.25) is 0 Å². The fourth-order valence-electron chi connectivity index (χ4n) is 4.92. The van der Waals surface area contributed by atoms with E-state index in [1.54, 1.807) is 36.4 Å². The molecule has 6 aromatic rings. The Hall–Kier alpha value is -0.440. The zero-order valence-electron chi connectivity index (χ0n) is 18.0. The van der Waals surface area contributed by atoms with Crippen LogP contribution < -0.4 is 8.37 Å². The van der Waals surface area contributed by atoms with Crippen LogP contribution in [-0.4, -0.2) is 76.0 Å². The summed E-state index contributed by atoms with van der Waals surface area (Å²) in [5.41, 5.74) is 0. The molecule has 6 aromatic carbocycles. The number of fused-ring (bicyclic) bond motifs is 4. The van der Waals surface area contributed by atoms with Crippen LogP contribution in [0.1, 0.15) is 0 Å². The molecule has 0 amide bonds. The first kappa shape index (κ1) is 26.2. The molecule has 8 bridgehead atoms. The second-order valence-corrected chi connectivity index (χ2v) is 11.9. The molecule has 2 aliphatic rings. The van der Waals surface area contributed by atoms with Crippen LogP contribution in [-0.2, 0) is 24.4 Å². The third-order valence-electron chi connectivity index (χ3n) is 5.99. The van der Waals surface area contributed by atoms with Crippen molar-refractivity contribution in [3.8, 4) is 11.5 Å². The van der Waals surface area contributed by atoms with Gasteiger partial charge in [0.2, 0.25) is 0 Å². The first-order valence-corrected chi connectivity index (χ1v) is 13.8. The Bertz CT molecular complexity index is 1910. The smallest absolute Gasteiger partial charge is 0.360 e. The first-order chi connectivity index (χ1) is 15.7. The standard InChI is InChI=1S/C22H8Br2O7S2.2Na/c23-15-7-14-19-17-9(15)3-1-5-11(17)21-13-8-16(24)10-4-2-6-12(18(10)20(13)19)22(14)30-33(27,28)31-32(25,26)29-21;;/h1-8H;;. The third-order valence-corrected chi connectivity index (χ3v) is 9.38. The quantitative estimate of drug-likeness (QED) is 0.124. The third kappa shape index (κ3) is 3.66. The Morgan fingerprint density at radius 1 is 0.543 bits per heavy atom. The maximum atomic E-state index is 12.7. The monoisotopic (exact) mass is 652 g/mol. The van der Waals surface area contributed by atoms with E-state index in [9.17, 15) is 16.8 Å². The second kappa shape index (κ2) is 8.54. The Kier molecular flexibility index (Phi) is 6.38. The Morgan fingerprint density at radius 2 is 0.914 bits per heavy atom. The normalized spacial score (nSPS) is 16.5. The van der Waals surface area contributed by atoms with E-state index in [-0.39, 0.29) is 70.6 Å². The van der Waals surface area contributed by atoms with Crippen LogP contribution in [0.3, 0.4) is 0 Å². The molecule has 0 fully saturated rings. The number of hydrogen-bond donors (Lipinski definition) is 0. The second-order valence-electron chi connectivity index (χ2n) is 7.73. The van der Waals surface area contributed by atoms with Crippen molar-refractivity contribution in [2.24, 2.45) is 0 Å². The molecule has 0 atom stereocenters. The van der Waals surface area contributed by atoms with E-state index >= 15 is 0 Å². The molecule has 8 rings (SSSR count). The minimum absolute atomic E-state index is 0. The van der Waals surface area contributed by atoms with Crippen LogP contribution in [0.15, 0.2) is 57.5 Å². The van der Waals surface area contributed by atoms with E-state index in [1.165, 1.54) is 0 Å². The van der Waals surface area contributed by atoms with Crippen molar-refractivity contribution in [2.75, 3.05) is 0 Å². The molecule has 0 aromatic heterocycles. The molecule has 2 radical (unpaired) electrons. The summed E-state index contributed by atoms with van der Waals surface area (Å²) in [7, 11) is -10.1. The number of hydrogen-bond acceptors (Lipinski definition) is 7. The molecule has 166 valence electrons. The average molecular weight is 654 g/mol. The predicted molar refractivity (Wildman–Crippen MR) is 143 cm³/mol. The van der Waals surface area contributed by atoms with Crippen LogP contribution in [0, 0.1) is 0 Å². The molecule has 0 aliphatic carbocycles. The van der Waals surface area contributed by atoms with Gasteiger partial charge in [0.05, 0.1) is 0 Å². The van der Waals surface area contributed by atoms with Gasteiger partial charge in [-0.1, -0.05) is 71.9 Å². The summed E-state index contributed by atoms with van der Waals surface area (Å²) in [5.74, 6) is -0.0461. The van der Waals surface area contributed by atoms with E-state index in [2.05, 4.69) is 35.5 Å². The van der Waals surface area contributed by atoms with Gasteiger partial charge in [0.25, 0.3) is 0 Å². The number of rotatable bonds is 0. The fraction of sp³-hybridized carbons (Fsp3) is 0. The van der Waals surface area contributed by atoms with Crippen molar-refractivity contribution in [1.82, 2.24) is 0 Å². The van der Waals surface area contributed by atoms with Crippen molar-refractivity contribution in [3.63, 3.8) is 0 Å². The molecule has 7 nitrogen and oxygen atoms in total. The SMILES string of the molecule is O=S1(=O)Oc2c3cccc4c(Br)cc5c(c6cccc7c(Br)cc2c(c76)c5c43)OS(=O)(=O)O1.[Na].[Na]. The maximum absolute atomic E-state index is 12.7. The van der Waals surface area contributed by atoms with Crippen LogP contribution in [0.4, 0.5) is 0 Å². The van der Waals surface area contributed by atoms with Crippen LogP contribution in [0.25, 0.3) is 53.9 Å². The summed E-state index contributed by atoms with van der Waals surface area (Å²) in [4.78, 5) is 0. The molecular formula is C22H8Br2Na2O7S2. The van der Waals surface area contributed by atoms with E-state index in [4.69, 9.17) is 8.37 Å². The Balaban J connectivity index is 0.00000127. The summed E-state index contributed by atoms with van der Waals surface area (Å²) in [6, 6.07) is 14.4. The van der Waals surface area contributed by atoms with Gasteiger partial charge in [0, 0.05) is 111 Å². The molecule has 2 aliphatic heterocycles. The summed E-state index contributed by atoms with van der Waals surface area (Å²) in [6.45, 7) is 0. The predicted octanol–water partition coefficient (Wildman–Crippen LogP) is 5.37. The van der Waals surface area contributed by atoms with Crippen LogP contribution in [0.2, 0.25) is 0 Å². The van der Waals surface area contributed by atoms with Crippen molar-refractivity contribution in [1.29, 1.82) is 0 Å². The Labute approximate surface area is 260 Å². The molecule has 0 spiro atoms. The van der Waals surface area contributed by atoms with E-state index in [0.717, 1.165) is 32.3 Å². The average Bonchev–Trinajstić information content (AvgIpc) is 2.76. The van der Waals surface area contributed by atoms with Gasteiger partial charge < -0.3 is 8.37 Å². The molecule has 2 heterocycles. The van der Waals surface area contributed by atoms with Crippen molar-refractivity contribution in [2.45, 2.75) is 0 Å². The van der Waals surface area contributed by atoms with Crippen molar-refractivity contribution >= 4 is 166 Å². The molecule has 0 N–H and O–H groups in total. The van der Waals surface area contributed by atoms with Crippen LogP contribution in [0.5, 0.6) is 11.5 Å². The molecule has 13 heteroatoms. The molecule has 0 saturated carbocycles. The fourth-order valence-corrected chi connectivity index (χ4v) is 7.85. The maximum Gasteiger partial charge on any atom is 0.466 e. The van der Waals surface area contributed by atoms with Gasteiger partial charge in [-0.2, -0.15) is 16.8 Å². The molecule has 0 unspecified atom stereocenters. The minimum Gasteiger partial charge on any atom is -0.360 e. The minimum atomic E-state index is -5.04. The van der Waals surface area contributed by atoms with Crippen molar-refractivity contribution in [3.05, 3.63) is 57.5 Å². The molecule has 35 heavy (non-hydrogen) atoms. The van der Waals surface area contributed by atoms with Crippen LogP contribution >= 0.6 is 31.9 Å². The van der Waals surface area contributed by atoms with Gasteiger partial charge in [-0.15, -0.1) is 0 Å². The van der Waals surface area contributed by atoms with Gasteiger partial charge >= 0.3 is 20.8 Å². The van der Waals surface area contributed by atoms with Crippen molar-refractivity contribution < 1.29 is 28.8 Å². The summed E-state index contributed by atoms with van der Waals surface area (Å²) < 4.78 is 67.3. The van der Waals surface area contributed by atoms with Gasteiger partial charge in [0.15, 0.2) is 11.5 Å². The number of halogens is 2. The van der Waals surface area contributed by atoms with Gasteiger partial charge in [-0.25, -0.2) is 0 Å². The van der Waals surface area contributed by atoms with Gasteiger partial charge in [-0.05, 0) is 22.9 Å². The van der Waals surface area contributed by atoms with E-state index < -0.39 is 20.8 Å².